The molecule has 1 unspecified atom stereocenters. The van der Waals surface area contributed by atoms with Crippen LogP contribution in [-0.4, -0.2) is 24.8 Å². The molecule has 0 aromatic rings. The SMILES string of the molecule is CCCCCCCCCCCNCC(CO)CCCCCCC. The van der Waals surface area contributed by atoms with E-state index in [1.807, 2.05) is 0 Å². The standard InChI is InChI=1S/C21H45NO/c1-3-5-7-9-10-11-12-14-16-18-22-19-21(20-23)17-15-13-8-6-4-2/h21-23H,3-20H2,1-2H3. The fraction of sp³-hybridized carbons (Fsp3) is 1.00. The van der Waals surface area contributed by atoms with E-state index in [9.17, 15) is 5.11 Å². The van der Waals surface area contributed by atoms with E-state index in [2.05, 4.69) is 19.2 Å². The number of nitrogens with one attached hydrogen (secondary N) is 1. The maximum Gasteiger partial charge on any atom is 0.0471 e. The molecule has 0 fully saturated rings. The third-order valence-corrected chi connectivity index (χ3v) is 4.86. The van der Waals surface area contributed by atoms with E-state index >= 15 is 0 Å². The van der Waals surface area contributed by atoms with Crippen LogP contribution in [-0.2, 0) is 0 Å². The van der Waals surface area contributed by atoms with E-state index < -0.39 is 0 Å². The average molecular weight is 328 g/mol. The molecule has 0 aliphatic rings. The lowest BCUT2D eigenvalue weighted by Crippen LogP contribution is -2.26. The summed E-state index contributed by atoms with van der Waals surface area (Å²) in [6.45, 7) is 7.01. The minimum atomic E-state index is 0.346. The zero-order valence-electron chi connectivity index (χ0n) is 16.3. The van der Waals surface area contributed by atoms with Crippen LogP contribution in [0.15, 0.2) is 0 Å². The molecule has 0 heterocycles. The molecule has 0 aliphatic heterocycles. The Hall–Kier alpha value is -0.0800. The van der Waals surface area contributed by atoms with E-state index in [0.29, 0.717) is 12.5 Å². The Morgan fingerprint density at radius 3 is 1.65 bits per heavy atom. The minimum Gasteiger partial charge on any atom is -0.396 e. The molecular weight excluding hydrogens is 282 g/mol. The Kier molecular flexibility index (Phi) is 19.9. The third-order valence-electron chi connectivity index (χ3n) is 4.86. The molecule has 0 spiro atoms. The molecule has 2 N–H and O–H groups in total. The predicted octanol–water partition coefficient (Wildman–Crippen LogP) is 6.08. The highest BCUT2D eigenvalue weighted by molar-refractivity contribution is 4.62. The van der Waals surface area contributed by atoms with Gasteiger partial charge in [0.15, 0.2) is 0 Å². The van der Waals surface area contributed by atoms with Crippen molar-refractivity contribution in [2.75, 3.05) is 19.7 Å². The van der Waals surface area contributed by atoms with Crippen LogP contribution in [0.5, 0.6) is 0 Å². The van der Waals surface area contributed by atoms with Gasteiger partial charge in [0.2, 0.25) is 0 Å². The molecule has 140 valence electrons. The lowest BCUT2D eigenvalue weighted by Gasteiger charge is -2.15. The Labute approximate surface area is 146 Å². The normalized spacial score (nSPS) is 12.7. The molecule has 0 saturated heterocycles. The molecule has 0 bridgehead atoms. The van der Waals surface area contributed by atoms with Crippen LogP contribution in [0.3, 0.4) is 0 Å². The summed E-state index contributed by atoms with van der Waals surface area (Å²) >= 11 is 0. The summed E-state index contributed by atoms with van der Waals surface area (Å²) in [6.07, 6.45) is 20.4. The van der Waals surface area contributed by atoms with Gasteiger partial charge in [-0.1, -0.05) is 97.3 Å². The van der Waals surface area contributed by atoms with E-state index in [1.165, 1.54) is 96.3 Å². The lowest BCUT2D eigenvalue weighted by molar-refractivity contribution is 0.211. The van der Waals surface area contributed by atoms with Crippen molar-refractivity contribution in [3.05, 3.63) is 0 Å². The molecular formula is C21H45NO. The Morgan fingerprint density at radius 2 is 1.13 bits per heavy atom. The molecule has 0 rings (SSSR count). The molecule has 0 aromatic heterocycles. The molecule has 0 saturated carbocycles. The van der Waals surface area contributed by atoms with Crippen molar-refractivity contribution >= 4 is 0 Å². The third kappa shape index (κ3) is 18.1. The molecule has 1 atom stereocenters. The van der Waals surface area contributed by atoms with E-state index in [0.717, 1.165) is 13.1 Å². The van der Waals surface area contributed by atoms with Gasteiger partial charge in [-0.25, -0.2) is 0 Å². The lowest BCUT2D eigenvalue weighted by atomic mass is 10.0. The predicted molar refractivity (Wildman–Crippen MR) is 104 cm³/mol. The highest BCUT2D eigenvalue weighted by Crippen LogP contribution is 2.11. The second kappa shape index (κ2) is 20.0. The van der Waals surface area contributed by atoms with Gasteiger partial charge in [0, 0.05) is 13.2 Å². The molecule has 2 heteroatoms. The number of unbranched alkanes of at least 4 members (excludes halogenated alkanes) is 12. The van der Waals surface area contributed by atoms with Crippen molar-refractivity contribution in [2.45, 2.75) is 110 Å². The number of aliphatic hydroxyl groups excluding tert-OH is 1. The molecule has 0 aliphatic carbocycles. The Morgan fingerprint density at radius 1 is 0.652 bits per heavy atom. The molecule has 0 radical (unpaired) electrons. The number of hydrogen-bond acceptors (Lipinski definition) is 2. The smallest absolute Gasteiger partial charge is 0.0471 e. The fourth-order valence-corrected chi connectivity index (χ4v) is 3.16. The quantitative estimate of drug-likeness (QED) is 0.282. The second-order valence-electron chi connectivity index (χ2n) is 7.28. The zero-order valence-corrected chi connectivity index (χ0v) is 16.3. The first-order chi connectivity index (χ1) is 11.3. The first-order valence-electron chi connectivity index (χ1n) is 10.7. The van der Waals surface area contributed by atoms with Crippen LogP contribution in [0.1, 0.15) is 110 Å². The summed E-state index contributed by atoms with van der Waals surface area (Å²) in [7, 11) is 0. The highest BCUT2D eigenvalue weighted by atomic mass is 16.3. The summed E-state index contributed by atoms with van der Waals surface area (Å²) < 4.78 is 0. The van der Waals surface area contributed by atoms with Gasteiger partial charge < -0.3 is 10.4 Å². The maximum atomic E-state index is 9.45. The largest absolute Gasteiger partial charge is 0.396 e. The van der Waals surface area contributed by atoms with Gasteiger partial charge in [0.25, 0.3) is 0 Å². The maximum absolute atomic E-state index is 9.45. The summed E-state index contributed by atoms with van der Waals surface area (Å²) in [5.74, 6) is 0.468. The van der Waals surface area contributed by atoms with Crippen LogP contribution in [0.4, 0.5) is 0 Å². The summed E-state index contributed by atoms with van der Waals surface area (Å²) in [6, 6.07) is 0. The van der Waals surface area contributed by atoms with Gasteiger partial charge >= 0.3 is 0 Å². The van der Waals surface area contributed by atoms with Crippen molar-refractivity contribution in [3.63, 3.8) is 0 Å². The number of hydrogen-bond donors (Lipinski definition) is 2. The Bertz CT molecular complexity index is 208. The molecule has 0 amide bonds. The van der Waals surface area contributed by atoms with Gasteiger partial charge in [-0.15, -0.1) is 0 Å². The van der Waals surface area contributed by atoms with Crippen LogP contribution in [0.2, 0.25) is 0 Å². The van der Waals surface area contributed by atoms with Crippen LogP contribution in [0, 0.1) is 5.92 Å². The minimum absolute atomic E-state index is 0.346. The average Bonchev–Trinajstić information content (AvgIpc) is 2.57. The molecule has 0 aromatic carbocycles. The second-order valence-corrected chi connectivity index (χ2v) is 7.28. The summed E-state index contributed by atoms with van der Waals surface area (Å²) in [5.41, 5.74) is 0. The summed E-state index contributed by atoms with van der Waals surface area (Å²) in [5, 5.41) is 13.0. The first kappa shape index (κ1) is 22.9. The van der Waals surface area contributed by atoms with E-state index in [4.69, 9.17) is 0 Å². The monoisotopic (exact) mass is 327 g/mol. The zero-order chi connectivity index (χ0) is 17.0. The van der Waals surface area contributed by atoms with E-state index in [-0.39, 0.29) is 0 Å². The summed E-state index contributed by atoms with van der Waals surface area (Å²) in [4.78, 5) is 0. The van der Waals surface area contributed by atoms with E-state index in [1.54, 1.807) is 0 Å². The Balaban J connectivity index is 3.24. The number of aliphatic hydroxyl groups is 1. The van der Waals surface area contributed by atoms with Crippen LogP contribution < -0.4 is 5.32 Å². The number of rotatable bonds is 19. The highest BCUT2D eigenvalue weighted by Gasteiger charge is 2.06. The molecule has 2 nitrogen and oxygen atoms in total. The van der Waals surface area contributed by atoms with Crippen molar-refractivity contribution in [1.82, 2.24) is 5.32 Å². The van der Waals surface area contributed by atoms with Crippen molar-refractivity contribution in [3.8, 4) is 0 Å². The van der Waals surface area contributed by atoms with Gasteiger partial charge in [0.05, 0.1) is 0 Å². The van der Waals surface area contributed by atoms with Gasteiger partial charge in [-0.3, -0.25) is 0 Å². The first-order valence-corrected chi connectivity index (χ1v) is 10.7. The van der Waals surface area contributed by atoms with Gasteiger partial charge in [0.1, 0.15) is 0 Å². The topological polar surface area (TPSA) is 32.3 Å². The van der Waals surface area contributed by atoms with Crippen LogP contribution in [0.25, 0.3) is 0 Å². The fourth-order valence-electron chi connectivity index (χ4n) is 3.16. The van der Waals surface area contributed by atoms with Crippen molar-refractivity contribution < 1.29 is 5.11 Å². The van der Waals surface area contributed by atoms with Crippen molar-refractivity contribution in [2.24, 2.45) is 5.92 Å². The molecule has 23 heavy (non-hydrogen) atoms. The van der Waals surface area contributed by atoms with Gasteiger partial charge in [-0.05, 0) is 25.3 Å². The van der Waals surface area contributed by atoms with Gasteiger partial charge in [-0.2, -0.15) is 0 Å². The van der Waals surface area contributed by atoms with Crippen molar-refractivity contribution in [1.29, 1.82) is 0 Å². The van der Waals surface area contributed by atoms with Crippen LogP contribution >= 0.6 is 0 Å².